The molecule has 0 heterocycles. The molecule has 2 rings (SSSR count). The topological polar surface area (TPSA) is 95.5 Å². The molecule has 1 fully saturated rings. The summed E-state index contributed by atoms with van der Waals surface area (Å²) < 4.78 is 13.3. The van der Waals surface area contributed by atoms with Crippen molar-refractivity contribution in [3.63, 3.8) is 0 Å². The molecular formula is C14H15FN2O4. The predicted molar refractivity (Wildman–Crippen MR) is 71.9 cm³/mol. The van der Waals surface area contributed by atoms with E-state index < -0.39 is 29.6 Å². The summed E-state index contributed by atoms with van der Waals surface area (Å²) in [5.41, 5.74) is -0.133. The lowest BCUT2D eigenvalue weighted by molar-refractivity contribution is -0.143. The van der Waals surface area contributed by atoms with Gasteiger partial charge in [-0.05, 0) is 24.5 Å². The predicted octanol–water partition coefficient (Wildman–Crippen LogP) is 1.13. The van der Waals surface area contributed by atoms with E-state index >= 15 is 0 Å². The summed E-state index contributed by atoms with van der Waals surface area (Å²) in [6.45, 7) is 0. The number of nitrogens with one attached hydrogen (secondary N) is 2. The fourth-order valence-electron chi connectivity index (χ4n) is 1.87. The van der Waals surface area contributed by atoms with Crippen LogP contribution in [0.4, 0.5) is 10.1 Å². The number of benzene rings is 1. The van der Waals surface area contributed by atoms with Crippen LogP contribution in [-0.2, 0) is 14.4 Å². The highest BCUT2D eigenvalue weighted by molar-refractivity contribution is 6.40. The van der Waals surface area contributed by atoms with Gasteiger partial charge in [0, 0.05) is 0 Å². The van der Waals surface area contributed by atoms with Gasteiger partial charge in [-0.2, -0.15) is 0 Å². The number of carboxylic acids is 1. The Balaban J connectivity index is 1.93. The molecule has 1 aromatic rings. The first-order valence-corrected chi connectivity index (χ1v) is 6.56. The first kappa shape index (κ1) is 15.0. The molecule has 2 amide bonds. The first-order chi connectivity index (χ1) is 9.97. The van der Waals surface area contributed by atoms with Crippen LogP contribution in [0, 0.1) is 11.7 Å². The Hall–Kier alpha value is -2.44. The zero-order valence-electron chi connectivity index (χ0n) is 11.1. The maximum atomic E-state index is 13.3. The van der Waals surface area contributed by atoms with E-state index in [1.165, 1.54) is 18.2 Å². The molecule has 1 aromatic carbocycles. The zero-order valence-corrected chi connectivity index (χ0v) is 11.1. The maximum Gasteiger partial charge on any atom is 0.326 e. The lowest BCUT2D eigenvalue weighted by Gasteiger charge is -2.13. The second kappa shape index (κ2) is 6.34. The number of anilines is 1. The van der Waals surface area contributed by atoms with Crippen molar-refractivity contribution in [2.24, 2.45) is 5.92 Å². The number of carbonyl (C=O) groups is 3. The minimum Gasteiger partial charge on any atom is -0.480 e. The molecule has 1 atom stereocenters. The van der Waals surface area contributed by atoms with Crippen LogP contribution in [0.2, 0.25) is 0 Å². The molecule has 1 aliphatic carbocycles. The minimum atomic E-state index is -1.19. The van der Waals surface area contributed by atoms with Gasteiger partial charge in [-0.25, -0.2) is 9.18 Å². The fraction of sp³-hybridized carbons (Fsp3) is 0.357. The first-order valence-electron chi connectivity index (χ1n) is 6.56. The molecule has 0 radical (unpaired) electrons. The van der Waals surface area contributed by atoms with Crippen molar-refractivity contribution in [2.45, 2.75) is 25.3 Å². The second-order valence-electron chi connectivity index (χ2n) is 4.98. The van der Waals surface area contributed by atoms with Crippen LogP contribution in [0.15, 0.2) is 24.3 Å². The lowest BCUT2D eigenvalue weighted by atomic mass is 10.1. The summed E-state index contributed by atoms with van der Waals surface area (Å²) >= 11 is 0. The van der Waals surface area contributed by atoms with Crippen LogP contribution < -0.4 is 10.6 Å². The van der Waals surface area contributed by atoms with E-state index in [9.17, 15) is 18.8 Å². The van der Waals surface area contributed by atoms with E-state index in [1.54, 1.807) is 0 Å². The van der Waals surface area contributed by atoms with Crippen molar-refractivity contribution in [2.75, 3.05) is 5.32 Å². The Morgan fingerprint density at radius 3 is 2.48 bits per heavy atom. The molecule has 0 aromatic heterocycles. The Morgan fingerprint density at radius 2 is 1.90 bits per heavy atom. The van der Waals surface area contributed by atoms with Gasteiger partial charge in [0.1, 0.15) is 11.9 Å². The quantitative estimate of drug-likeness (QED) is 0.709. The van der Waals surface area contributed by atoms with Gasteiger partial charge in [0.2, 0.25) is 0 Å². The van der Waals surface area contributed by atoms with Gasteiger partial charge in [-0.15, -0.1) is 0 Å². The third-order valence-corrected chi connectivity index (χ3v) is 3.20. The highest BCUT2D eigenvalue weighted by Gasteiger charge is 2.31. The minimum absolute atomic E-state index is 0.133. The standard InChI is InChI=1S/C14H15FN2O4/c15-9-3-1-2-4-10(9)16-12(18)13(19)17-11(14(20)21)7-8-5-6-8/h1-4,8,11H,5-7H2,(H,16,18)(H,17,19)(H,20,21)/t11-/m0/s1. The molecular weight excluding hydrogens is 279 g/mol. The molecule has 1 aliphatic rings. The van der Waals surface area contributed by atoms with Crippen molar-refractivity contribution in [1.82, 2.24) is 5.32 Å². The monoisotopic (exact) mass is 294 g/mol. The van der Waals surface area contributed by atoms with E-state index in [1.807, 2.05) is 0 Å². The van der Waals surface area contributed by atoms with Crippen molar-refractivity contribution in [3.8, 4) is 0 Å². The summed E-state index contributed by atoms with van der Waals surface area (Å²) in [4.78, 5) is 34.3. The van der Waals surface area contributed by atoms with Crippen molar-refractivity contribution < 1.29 is 23.9 Å². The zero-order chi connectivity index (χ0) is 15.4. The Kier molecular flexibility index (Phi) is 4.52. The molecule has 0 spiro atoms. The Morgan fingerprint density at radius 1 is 1.24 bits per heavy atom. The molecule has 7 heteroatoms. The number of rotatable bonds is 5. The normalized spacial score (nSPS) is 15.1. The number of hydrogen-bond acceptors (Lipinski definition) is 3. The Bertz CT molecular complexity index is 572. The lowest BCUT2D eigenvalue weighted by Crippen LogP contribution is -2.46. The fourth-order valence-corrected chi connectivity index (χ4v) is 1.87. The number of hydrogen-bond donors (Lipinski definition) is 3. The molecule has 0 unspecified atom stereocenters. The van der Waals surface area contributed by atoms with Crippen molar-refractivity contribution >= 4 is 23.5 Å². The molecule has 6 nitrogen and oxygen atoms in total. The molecule has 21 heavy (non-hydrogen) atoms. The molecule has 112 valence electrons. The van der Waals surface area contributed by atoms with Crippen LogP contribution in [0.1, 0.15) is 19.3 Å². The van der Waals surface area contributed by atoms with E-state index in [4.69, 9.17) is 5.11 Å². The van der Waals surface area contributed by atoms with Gasteiger partial charge < -0.3 is 15.7 Å². The summed E-state index contributed by atoms with van der Waals surface area (Å²) in [5.74, 6) is -3.77. The van der Waals surface area contributed by atoms with Crippen LogP contribution in [0.25, 0.3) is 0 Å². The van der Waals surface area contributed by atoms with Gasteiger partial charge in [-0.3, -0.25) is 9.59 Å². The van der Waals surface area contributed by atoms with E-state index in [0.717, 1.165) is 18.9 Å². The van der Waals surface area contributed by atoms with Crippen LogP contribution >= 0.6 is 0 Å². The largest absolute Gasteiger partial charge is 0.480 e. The molecule has 3 N–H and O–H groups in total. The van der Waals surface area contributed by atoms with E-state index in [0.29, 0.717) is 6.42 Å². The number of halogens is 1. The number of aliphatic carboxylic acids is 1. The SMILES string of the molecule is O=C(Nc1ccccc1F)C(=O)N[C@@H](CC1CC1)C(=O)O. The summed E-state index contributed by atoms with van der Waals surface area (Å²) in [7, 11) is 0. The second-order valence-corrected chi connectivity index (χ2v) is 4.98. The van der Waals surface area contributed by atoms with Crippen LogP contribution in [0.3, 0.4) is 0 Å². The van der Waals surface area contributed by atoms with Crippen LogP contribution in [-0.4, -0.2) is 28.9 Å². The van der Waals surface area contributed by atoms with Gasteiger partial charge in [-0.1, -0.05) is 25.0 Å². The van der Waals surface area contributed by atoms with Crippen molar-refractivity contribution in [3.05, 3.63) is 30.1 Å². The van der Waals surface area contributed by atoms with E-state index in [2.05, 4.69) is 10.6 Å². The maximum absolute atomic E-state index is 13.3. The number of para-hydroxylation sites is 1. The van der Waals surface area contributed by atoms with Crippen LogP contribution in [0.5, 0.6) is 0 Å². The highest BCUT2D eigenvalue weighted by atomic mass is 19.1. The van der Waals surface area contributed by atoms with E-state index in [-0.39, 0.29) is 11.6 Å². The molecule has 0 bridgehead atoms. The number of carbonyl (C=O) groups excluding carboxylic acids is 2. The molecule has 0 aliphatic heterocycles. The van der Waals surface area contributed by atoms with Gasteiger partial charge in [0.15, 0.2) is 0 Å². The van der Waals surface area contributed by atoms with Gasteiger partial charge >= 0.3 is 17.8 Å². The highest BCUT2D eigenvalue weighted by Crippen LogP contribution is 2.33. The number of carboxylic acid groups (broad SMARTS) is 1. The third-order valence-electron chi connectivity index (χ3n) is 3.20. The van der Waals surface area contributed by atoms with Gasteiger partial charge in [0.05, 0.1) is 5.69 Å². The average molecular weight is 294 g/mol. The Labute approximate surface area is 120 Å². The summed E-state index contributed by atoms with van der Waals surface area (Å²) in [5, 5.41) is 13.3. The third kappa shape index (κ3) is 4.27. The molecule has 0 saturated heterocycles. The smallest absolute Gasteiger partial charge is 0.326 e. The van der Waals surface area contributed by atoms with Crippen molar-refractivity contribution in [1.29, 1.82) is 0 Å². The molecule has 1 saturated carbocycles. The number of amides is 2. The average Bonchev–Trinajstić information content (AvgIpc) is 3.24. The summed E-state index contributed by atoms with van der Waals surface area (Å²) in [6, 6.07) is 4.29. The van der Waals surface area contributed by atoms with Gasteiger partial charge in [0.25, 0.3) is 0 Å². The summed E-state index contributed by atoms with van der Waals surface area (Å²) in [6.07, 6.45) is 2.16.